The fourth-order valence-electron chi connectivity index (χ4n) is 4.63. The minimum absolute atomic E-state index is 0.0177. The molecule has 0 bridgehead atoms. The van der Waals surface area contributed by atoms with Crippen LogP contribution in [0.15, 0.2) is 43.1 Å². The molecule has 0 aliphatic heterocycles. The van der Waals surface area contributed by atoms with Crippen molar-refractivity contribution in [2.45, 2.75) is 44.2 Å². The van der Waals surface area contributed by atoms with Crippen LogP contribution in [0.25, 0.3) is 28.6 Å². The molecular weight excluding hydrogens is 521 g/mol. The van der Waals surface area contributed by atoms with Gasteiger partial charge in [-0.2, -0.15) is 15.2 Å². The molecule has 5 heterocycles. The van der Waals surface area contributed by atoms with E-state index >= 15 is 0 Å². The zero-order valence-electron chi connectivity index (χ0n) is 19.6. The van der Waals surface area contributed by atoms with Gasteiger partial charge in [0.1, 0.15) is 11.2 Å². The van der Waals surface area contributed by atoms with Gasteiger partial charge in [-0.05, 0) is 37.8 Å². The van der Waals surface area contributed by atoms with Gasteiger partial charge in [-0.25, -0.2) is 33.1 Å². The van der Waals surface area contributed by atoms with Crippen molar-refractivity contribution < 1.29 is 18.0 Å². The highest BCUT2D eigenvalue weighted by Crippen LogP contribution is 2.36. The second-order valence-electron chi connectivity index (χ2n) is 8.70. The molecule has 2 unspecified atom stereocenters. The van der Waals surface area contributed by atoms with Crippen molar-refractivity contribution in [3.63, 3.8) is 0 Å². The number of pyridine rings is 1. The van der Waals surface area contributed by atoms with Gasteiger partial charge in [0, 0.05) is 24.5 Å². The number of imidazole rings is 1. The summed E-state index contributed by atoms with van der Waals surface area (Å²) in [7, 11) is 0. The lowest BCUT2D eigenvalue weighted by Crippen LogP contribution is -2.39. The Labute approximate surface area is 216 Å². The van der Waals surface area contributed by atoms with Crippen molar-refractivity contribution >= 4 is 28.4 Å². The minimum atomic E-state index is -2.68. The number of rotatable bonds is 6. The quantitative estimate of drug-likeness (QED) is 0.343. The molecule has 194 valence electrons. The van der Waals surface area contributed by atoms with E-state index in [1.165, 1.54) is 41.7 Å². The largest absolute Gasteiger partial charge is 0.347 e. The summed E-state index contributed by atoms with van der Waals surface area (Å²) < 4.78 is 42.6. The highest BCUT2D eigenvalue weighted by Gasteiger charge is 2.31. The normalized spacial score (nSPS) is 17.8. The van der Waals surface area contributed by atoms with Crippen LogP contribution in [-0.4, -0.2) is 56.4 Å². The Morgan fingerprint density at radius 2 is 1.92 bits per heavy atom. The number of hydrogen-bond donors (Lipinski definition) is 1. The lowest BCUT2D eigenvalue weighted by Gasteiger charge is -2.31. The van der Waals surface area contributed by atoms with Crippen molar-refractivity contribution in [2.75, 3.05) is 0 Å². The highest BCUT2D eigenvalue weighted by molar-refractivity contribution is 7.13. The fourth-order valence-corrected chi connectivity index (χ4v) is 5.30. The van der Waals surface area contributed by atoms with Crippen LogP contribution in [0.4, 0.5) is 13.2 Å². The van der Waals surface area contributed by atoms with E-state index in [4.69, 9.17) is 0 Å². The summed E-state index contributed by atoms with van der Waals surface area (Å²) in [6.45, 7) is 0. The number of nitrogens with zero attached hydrogens (tertiary/aromatic N) is 9. The first-order chi connectivity index (χ1) is 18.5. The fraction of sp³-hybridized carbons (Fsp3) is 0.304. The summed E-state index contributed by atoms with van der Waals surface area (Å²) in [6, 6.07) is 2.31. The zero-order valence-corrected chi connectivity index (χ0v) is 20.4. The molecule has 5 aromatic heterocycles. The van der Waals surface area contributed by atoms with Crippen molar-refractivity contribution in [1.29, 1.82) is 0 Å². The first-order valence-electron chi connectivity index (χ1n) is 11.7. The average Bonchev–Trinajstić information content (AvgIpc) is 3.69. The molecule has 0 saturated heterocycles. The van der Waals surface area contributed by atoms with Crippen LogP contribution in [0, 0.1) is 5.82 Å². The maximum atomic E-state index is 14.9. The third-order valence-electron chi connectivity index (χ3n) is 6.27. The monoisotopic (exact) mass is 540 g/mol. The number of halogens is 3. The summed E-state index contributed by atoms with van der Waals surface area (Å²) in [5.74, 6) is -0.536. The molecule has 1 aliphatic carbocycles. The maximum absolute atomic E-state index is 14.9. The average molecular weight is 541 g/mol. The van der Waals surface area contributed by atoms with Gasteiger partial charge in [-0.15, -0.1) is 16.1 Å². The van der Waals surface area contributed by atoms with Crippen LogP contribution < -0.4 is 5.32 Å². The molecule has 1 amide bonds. The lowest BCUT2D eigenvalue weighted by molar-refractivity contribution is 0.0920. The number of carbonyl (C=O) groups is 1. The Balaban J connectivity index is 1.36. The van der Waals surface area contributed by atoms with Gasteiger partial charge < -0.3 is 9.88 Å². The second kappa shape index (κ2) is 9.89. The molecular formula is C23H19F3N10OS. The molecule has 1 aliphatic rings. The maximum Gasteiger partial charge on any atom is 0.280 e. The van der Waals surface area contributed by atoms with Crippen LogP contribution in [-0.2, 0) is 0 Å². The molecule has 1 saturated carbocycles. The van der Waals surface area contributed by atoms with Gasteiger partial charge in [0.15, 0.2) is 22.3 Å². The van der Waals surface area contributed by atoms with Crippen molar-refractivity contribution in [2.24, 2.45) is 0 Å². The number of thiazole rings is 1. The summed E-state index contributed by atoms with van der Waals surface area (Å²) in [5, 5.41) is 11.1. The summed E-state index contributed by atoms with van der Waals surface area (Å²) in [4.78, 5) is 35.3. The second-order valence-corrected chi connectivity index (χ2v) is 9.76. The Hall–Kier alpha value is -4.27. The van der Waals surface area contributed by atoms with Crippen molar-refractivity contribution in [1.82, 2.24) is 49.8 Å². The van der Waals surface area contributed by atoms with E-state index in [1.807, 2.05) is 4.57 Å². The minimum Gasteiger partial charge on any atom is -0.347 e. The van der Waals surface area contributed by atoms with E-state index in [1.54, 1.807) is 0 Å². The molecule has 5 aromatic rings. The Bertz CT molecular complexity index is 1600. The van der Waals surface area contributed by atoms with Crippen molar-refractivity contribution in [3.8, 4) is 17.5 Å². The summed E-state index contributed by atoms with van der Waals surface area (Å²) in [6.07, 6.45) is 6.97. The third-order valence-corrected chi connectivity index (χ3v) is 7.27. The van der Waals surface area contributed by atoms with Gasteiger partial charge >= 0.3 is 0 Å². The molecule has 0 aromatic carbocycles. The van der Waals surface area contributed by atoms with E-state index in [0.29, 0.717) is 41.8 Å². The van der Waals surface area contributed by atoms with E-state index < -0.39 is 18.1 Å². The number of aromatic nitrogens is 9. The molecule has 15 heteroatoms. The molecule has 1 fully saturated rings. The van der Waals surface area contributed by atoms with Gasteiger partial charge in [0.2, 0.25) is 0 Å². The van der Waals surface area contributed by atoms with Crippen LogP contribution in [0.3, 0.4) is 0 Å². The van der Waals surface area contributed by atoms with Crippen LogP contribution in [0.2, 0.25) is 0 Å². The predicted molar refractivity (Wildman–Crippen MR) is 129 cm³/mol. The predicted octanol–water partition coefficient (Wildman–Crippen LogP) is 3.92. The van der Waals surface area contributed by atoms with Crippen LogP contribution in [0.5, 0.6) is 0 Å². The molecule has 0 radical (unpaired) electrons. The molecule has 6 rings (SSSR count). The number of alkyl halides is 2. The number of carbonyl (C=O) groups excluding carboxylic acids is 1. The van der Waals surface area contributed by atoms with Crippen molar-refractivity contribution in [3.05, 3.63) is 58.8 Å². The smallest absolute Gasteiger partial charge is 0.280 e. The topological polar surface area (TPSA) is 129 Å². The SMILES string of the molecule is O=C(NC1CCCC(n2c(-c3ncccc3F)nc3cnc(-n4nccn4)nc32)C1)c1ncc(C(F)F)s1. The van der Waals surface area contributed by atoms with E-state index in [-0.39, 0.29) is 39.4 Å². The third kappa shape index (κ3) is 4.49. The summed E-state index contributed by atoms with van der Waals surface area (Å²) >= 11 is 0.670. The van der Waals surface area contributed by atoms with Crippen LogP contribution >= 0.6 is 11.3 Å². The molecule has 11 nitrogen and oxygen atoms in total. The number of nitrogens with one attached hydrogen (secondary N) is 1. The van der Waals surface area contributed by atoms with E-state index in [9.17, 15) is 18.0 Å². The van der Waals surface area contributed by atoms with Crippen LogP contribution in [0.1, 0.15) is 52.8 Å². The van der Waals surface area contributed by atoms with Gasteiger partial charge in [0.25, 0.3) is 18.3 Å². The number of hydrogen-bond acceptors (Lipinski definition) is 9. The Morgan fingerprint density at radius 1 is 1.08 bits per heavy atom. The molecule has 38 heavy (non-hydrogen) atoms. The number of fused-ring (bicyclic) bond motifs is 1. The Morgan fingerprint density at radius 3 is 2.68 bits per heavy atom. The van der Waals surface area contributed by atoms with Gasteiger partial charge in [-0.3, -0.25) is 4.79 Å². The first kappa shape index (κ1) is 24.1. The van der Waals surface area contributed by atoms with Gasteiger partial charge in [0.05, 0.1) is 23.5 Å². The van der Waals surface area contributed by atoms with E-state index in [2.05, 4.69) is 40.4 Å². The zero-order chi connectivity index (χ0) is 26.2. The standard InChI is InChI=1S/C23H19F3N10OS/c24-14-5-2-6-27-17(14)20-33-15-10-29-23(36-30-7-8-31-36)34-19(15)35(20)13-4-1-3-12(9-13)32-21(37)22-28-11-16(38-22)18(25)26/h2,5-8,10-13,18H,1,3-4,9H2,(H,32,37). The Kier molecular flexibility index (Phi) is 6.27. The van der Waals surface area contributed by atoms with E-state index in [0.717, 1.165) is 12.6 Å². The summed E-state index contributed by atoms with van der Waals surface area (Å²) in [5.41, 5.74) is 0.956. The highest BCUT2D eigenvalue weighted by atomic mass is 32.1. The molecule has 0 spiro atoms. The molecule has 2 atom stereocenters. The number of amides is 1. The van der Waals surface area contributed by atoms with Gasteiger partial charge in [-0.1, -0.05) is 0 Å². The molecule has 1 N–H and O–H groups in total. The first-order valence-corrected chi connectivity index (χ1v) is 12.6. The lowest BCUT2D eigenvalue weighted by atomic mass is 9.90.